The lowest BCUT2D eigenvalue weighted by Crippen LogP contribution is -2.51. The van der Waals surface area contributed by atoms with Crippen molar-refractivity contribution < 1.29 is 4.79 Å². The van der Waals surface area contributed by atoms with E-state index in [2.05, 4.69) is 43.9 Å². The van der Waals surface area contributed by atoms with Crippen molar-refractivity contribution in [2.24, 2.45) is 11.3 Å². The topological polar surface area (TPSA) is 20.3 Å². The molecule has 2 rings (SSSR count). The predicted molar refractivity (Wildman–Crippen MR) is 89.9 cm³/mol. The summed E-state index contributed by atoms with van der Waals surface area (Å²) in [5.41, 5.74) is 3.67. The summed E-state index contributed by atoms with van der Waals surface area (Å²) in [6.45, 7) is 13.5. The maximum Gasteiger partial charge on any atom is 0.160 e. The minimum Gasteiger partial charge on any atom is -0.361 e. The third kappa shape index (κ3) is 3.30. The van der Waals surface area contributed by atoms with Gasteiger partial charge >= 0.3 is 0 Å². The van der Waals surface area contributed by atoms with Gasteiger partial charge in [0.2, 0.25) is 0 Å². The van der Waals surface area contributed by atoms with E-state index in [1.54, 1.807) is 0 Å². The Morgan fingerprint density at radius 2 is 1.90 bits per heavy atom. The highest BCUT2D eigenvalue weighted by atomic mass is 16.1. The van der Waals surface area contributed by atoms with Crippen molar-refractivity contribution >= 4 is 11.5 Å². The lowest BCUT2D eigenvalue weighted by molar-refractivity contribution is -0.128. The number of ketones is 1. The number of carbonyl (C=O) groups excluding carboxylic acids is 1. The van der Waals surface area contributed by atoms with Gasteiger partial charge < -0.3 is 4.90 Å². The molecule has 0 aromatic heterocycles. The minimum atomic E-state index is -0.294. The molecule has 2 heteroatoms. The Bertz CT molecular complexity index is 525. The van der Waals surface area contributed by atoms with Gasteiger partial charge in [-0.25, -0.2) is 0 Å². The third-order valence-corrected chi connectivity index (χ3v) is 4.36. The average molecular weight is 287 g/mol. The molecule has 0 saturated carbocycles. The normalized spacial score (nSPS) is 16.8. The SMILES string of the molecule is Cc1ccc2c(c1)CCCN2C(C(=O)C(C)(C)C)C(C)C. The van der Waals surface area contributed by atoms with Gasteiger partial charge in [0, 0.05) is 17.6 Å². The van der Waals surface area contributed by atoms with E-state index in [0.717, 1.165) is 19.4 Å². The van der Waals surface area contributed by atoms with Crippen molar-refractivity contribution in [2.75, 3.05) is 11.4 Å². The van der Waals surface area contributed by atoms with Crippen molar-refractivity contribution in [3.63, 3.8) is 0 Å². The van der Waals surface area contributed by atoms with Crippen LogP contribution in [0.3, 0.4) is 0 Å². The van der Waals surface area contributed by atoms with Crippen LogP contribution >= 0.6 is 0 Å². The van der Waals surface area contributed by atoms with Crippen LogP contribution in [0.25, 0.3) is 0 Å². The summed E-state index contributed by atoms with van der Waals surface area (Å²) in [5, 5.41) is 0. The van der Waals surface area contributed by atoms with Crippen molar-refractivity contribution in [1.29, 1.82) is 0 Å². The van der Waals surface area contributed by atoms with Crippen LogP contribution in [-0.2, 0) is 11.2 Å². The van der Waals surface area contributed by atoms with Gasteiger partial charge in [-0.1, -0.05) is 52.3 Å². The van der Waals surface area contributed by atoms with Crippen LogP contribution < -0.4 is 4.90 Å². The van der Waals surface area contributed by atoms with Crippen molar-refractivity contribution in [3.8, 4) is 0 Å². The molecule has 1 aliphatic rings. The van der Waals surface area contributed by atoms with E-state index in [1.165, 1.54) is 16.8 Å². The maximum absolute atomic E-state index is 12.9. The number of rotatable bonds is 3. The molecule has 1 aliphatic heterocycles. The highest BCUT2D eigenvalue weighted by molar-refractivity contribution is 5.92. The zero-order valence-corrected chi connectivity index (χ0v) is 14.4. The van der Waals surface area contributed by atoms with Gasteiger partial charge in [0.25, 0.3) is 0 Å². The fourth-order valence-corrected chi connectivity index (χ4v) is 3.29. The number of aryl methyl sites for hydroxylation is 2. The first-order valence-corrected chi connectivity index (χ1v) is 8.12. The Balaban J connectivity index is 2.42. The summed E-state index contributed by atoms with van der Waals surface area (Å²) < 4.78 is 0. The van der Waals surface area contributed by atoms with Crippen LogP contribution in [-0.4, -0.2) is 18.4 Å². The van der Waals surface area contributed by atoms with E-state index >= 15 is 0 Å². The molecule has 0 N–H and O–H groups in total. The molecule has 1 aromatic rings. The van der Waals surface area contributed by atoms with E-state index < -0.39 is 0 Å². The zero-order chi connectivity index (χ0) is 15.8. The number of anilines is 1. The van der Waals surface area contributed by atoms with Crippen LogP contribution in [0.1, 0.15) is 52.2 Å². The van der Waals surface area contributed by atoms with E-state index in [4.69, 9.17) is 0 Å². The number of fused-ring (bicyclic) bond motifs is 1. The molecule has 1 heterocycles. The lowest BCUT2D eigenvalue weighted by Gasteiger charge is -2.41. The standard InChI is InChI=1S/C19H29NO/c1-13(2)17(18(21)19(4,5)6)20-11-7-8-15-12-14(3)9-10-16(15)20/h9-10,12-13,17H,7-8,11H2,1-6H3. The molecule has 0 fully saturated rings. The summed E-state index contributed by atoms with van der Waals surface area (Å²) in [5.74, 6) is 0.676. The number of carbonyl (C=O) groups is 1. The first-order chi connectivity index (χ1) is 9.71. The fourth-order valence-electron chi connectivity index (χ4n) is 3.29. The van der Waals surface area contributed by atoms with Crippen molar-refractivity contribution in [1.82, 2.24) is 0 Å². The second-order valence-electron chi connectivity index (χ2n) is 7.73. The molecule has 0 aliphatic carbocycles. The number of hydrogen-bond acceptors (Lipinski definition) is 2. The monoisotopic (exact) mass is 287 g/mol. The second kappa shape index (κ2) is 5.82. The summed E-state index contributed by atoms with van der Waals surface area (Å²) in [6.07, 6.45) is 2.26. The number of hydrogen-bond donors (Lipinski definition) is 0. The lowest BCUT2D eigenvalue weighted by atomic mass is 9.80. The Kier molecular flexibility index (Phi) is 4.46. The minimum absolute atomic E-state index is 0.0215. The molecule has 0 radical (unpaired) electrons. The van der Waals surface area contributed by atoms with Crippen LogP contribution in [0.2, 0.25) is 0 Å². The molecule has 1 atom stereocenters. The van der Waals surface area contributed by atoms with Gasteiger partial charge in [0.15, 0.2) is 5.78 Å². The van der Waals surface area contributed by atoms with E-state index in [9.17, 15) is 4.79 Å². The molecule has 0 spiro atoms. The molecular formula is C19H29NO. The highest BCUT2D eigenvalue weighted by Crippen LogP contribution is 2.34. The van der Waals surface area contributed by atoms with Crippen molar-refractivity contribution in [2.45, 2.75) is 60.4 Å². The van der Waals surface area contributed by atoms with Crippen LogP contribution in [0.15, 0.2) is 18.2 Å². The number of Topliss-reactive ketones (excluding diaryl/α,β-unsaturated/α-hetero) is 1. The first kappa shape index (κ1) is 16.1. The van der Waals surface area contributed by atoms with Gasteiger partial charge in [-0.3, -0.25) is 4.79 Å². The predicted octanol–water partition coefficient (Wildman–Crippen LogP) is 4.39. The molecule has 1 aromatic carbocycles. The van der Waals surface area contributed by atoms with Crippen LogP contribution in [0, 0.1) is 18.3 Å². The number of nitrogens with zero attached hydrogens (tertiary/aromatic N) is 1. The summed E-state index contributed by atoms with van der Waals surface area (Å²) >= 11 is 0. The van der Waals surface area contributed by atoms with Gasteiger partial charge in [-0.2, -0.15) is 0 Å². The highest BCUT2D eigenvalue weighted by Gasteiger charge is 2.37. The molecule has 1 unspecified atom stereocenters. The molecule has 0 amide bonds. The fraction of sp³-hybridized carbons (Fsp3) is 0.632. The number of benzene rings is 1. The molecule has 0 bridgehead atoms. The summed E-state index contributed by atoms with van der Waals surface area (Å²) in [7, 11) is 0. The van der Waals surface area contributed by atoms with E-state index in [1.807, 2.05) is 20.8 Å². The Morgan fingerprint density at radius 1 is 1.24 bits per heavy atom. The molecule has 0 saturated heterocycles. The molecule has 2 nitrogen and oxygen atoms in total. The first-order valence-electron chi connectivity index (χ1n) is 8.12. The van der Waals surface area contributed by atoms with Gasteiger partial charge in [0.05, 0.1) is 6.04 Å². The molecule has 21 heavy (non-hydrogen) atoms. The van der Waals surface area contributed by atoms with Gasteiger partial charge in [-0.15, -0.1) is 0 Å². The quantitative estimate of drug-likeness (QED) is 0.822. The Hall–Kier alpha value is -1.31. The van der Waals surface area contributed by atoms with Gasteiger partial charge in [-0.05, 0) is 37.3 Å². The van der Waals surface area contributed by atoms with Gasteiger partial charge in [0.1, 0.15) is 0 Å². The van der Waals surface area contributed by atoms with Crippen molar-refractivity contribution in [3.05, 3.63) is 29.3 Å². The molecule has 116 valence electrons. The molecular weight excluding hydrogens is 258 g/mol. The summed E-state index contributed by atoms with van der Waals surface area (Å²) in [6, 6.07) is 6.62. The zero-order valence-electron chi connectivity index (χ0n) is 14.4. The van der Waals surface area contributed by atoms with Crippen LogP contribution in [0.5, 0.6) is 0 Å². The maximum atomic E-state index is 12.9. The summed E-state index contributed by atoms with van der Waals surface area (Å²) in [4.78, 5) is 15.3. The Labute approximate surface area is 129 Å². The second-order valence-corrected chi connectivity index (χ2v) is 7.73. The largest absolute Gasteiger partial charge is 0.361 e. The third-order valence-electron chi connectivity index (χ3n) is 4.36. The van der Waals surface area contributed by atoms with Crippen LogP contribution in [0.4, 0.5) is 5.69 Å². The average Bonchev–Trinajstić information content (AvgIpc) is 2.37. The van der Waals surface area contributed by atoms with E-state index in [0.29, 0.717) is 11.7 Å². The smallest absolute Gasteiger partial charge is 0.160 e. The Morgan fingerprint density at radius 3 is 2.48 bits per heavy atom. The van der Waals surface area contributed by atoms with E-state index in [-0.39, 0.29) is 11.5 Å².